The van der Waals surface area contributed by atoms with Gasteiger partial charge in [0.15, 0.2) is 0 Å². The molecule has 3 N–H and O–H groups in total. The number of phenolic OH excluding ortho intramolecular Hbond substituents is 1. The minimum Gasteiger partial charge on any atom is -0.506 e. The van der Waals surface area contributed by atoms with Crippen molar-refractivity contribution in [3.05, 3.63) is 23.8 Å². The van der Waals surface area contributed by atoms with Crippen LogP contribution in [0.4, 0.5) is 5.69 Å². The first-order valence-electron chi connectivity index (χ1n) is 5.15. The molecule has 3 nitrogen and oxygen atoms in total. The summed E-state index contributed by atoms with van der Waals surface area (Å²) in [6, 6.07) is 6.29. The largest absolute Gasteiger partial charge is 0.506 e. The van der Waals surface area contributed by atoms with E-state index in [1.54, 1.807) is 6.07 Å². The topological polar surface area (TPSA) is 44.3 Å². The summed E-state index contributed by atoms with van der Waals surface area (Å²) in [7, 11) is 0. The fraction of sp³-hybridized carbons (Fsp3) is 0.455. The average Bonchev–Trinajstić information content (AvgIpc) is 2.59. The third-order valence-corrected chi connectivity index (χ3v) is 3.29. The Morgan fingerprint density at radius 2 is 2.29 bits per heavy atom. The second kappa shape index (κ2) is 2.89. The van der Waals surface area contributed by atoms with Crippen molar-refractivity contribution in [2.45, 2.75) is 18.4 Å². The van der Waals surface area contributed by atoms with Crippen LogP contribution >= 0.6 is 0 Å². The first kappa shape index (κ1) is 8.12. The normalized spacial score (nSPS) is 29.1. The van der Waals surface area contributed by atoms with E-state index in [1.807, 2.05) is 6.07 Å². The van der Waals surface area contributed by atoms with Crippen molar-refractivity contribution in [3.8, 4) is 5.75 Å². The summed E-state index contributed by atoms with van der Waals surface area (Å²) in [5.41, 5.74) is 2.22. The molecule has 0 aliphatic carbocycles. The van der Waals surface area contributed by atoms with E-state index in [0.717, 1.165) is 25.2 Å². The molecule has 1 aromatic carbocycles. The maximum absolute atomic E-state index is 9.70. The van der Waals surface area contributed by atoms with Crippen molar-refractivity contribution in [3.63, 3.8) is 0 Å². The smallest absolute Gasteiger partial charge is 0.138 e. The van der Waals surface area contributed by atoms with Crippen molar-refractivity contribution >= 4 is 5.69 Å². The molecule has 0 spiro atoms. The quantitative estimate of drug-likeness (QED) is 0.540. The van der Waals surface area contributed by atoms with E-state index in [1.165, 1.54) is 5.56 Å². The summed E-state index contributed by atoms with van der Waals surface area (Å²) in [6.45, 7) is 2.09. The Morgan fingerprint density at radius 1 is 1.36 bits per heavy atom. The lowest BCUT2D eigenvalue weighted by Crippen LogP contribution is -2.38. The number of benzene rings is 1. The van der Waals surface area contributed by atoms with Crippen LogP contribution in [0.25, 0.3) is 0 Å². The number of piperidine rings is 1. The molecule has 0 aromatic heterocycles. The van der Waals surface area contributed by atoms with Crippen molar-refractivity contribution in [1.82, 2.24) is 5.32 Å². The van der Waals surface area contributed by atoms with Crippen LogP contribution in [0.1, 0.15) is 17.9 Å². The van der Waals surface area contributed by atoms with E-state index in [-0.39, 0.29) is 0 Å². The Hall–Kier alpha value is -1.22. The van der Waals surface area contributed by atoms with Crippen LogP contribution in [-0.2, 0) is 0 Å². The number of fused-ring (bicyclic) bond motifs is 3. The minimum atomic E-state index is 0.386. The van der Waals surface area contributed by atoms with E-state index in [2.05, 4.69) is 16.7 Å². The summed E-state index contributed by atoms with van der Waals surface area (Å²) in [5.74, 6) is 0.919. The van der Waals surface area contributed by atoms with E-state index in [0.29, 0.717) is 17.7 Å². The van der Waals surface area contributed by atoms with Gasteiger partial charge in [0.25, 0.3) is 0 Å². The number of anilines is 1. The molecule has 2 atom stereocenters. The van der Waals surface area contributed by atoms with Gasteiger partial charge >= 0.3 is 0 Å². The molecule has 2 aliphatic heterocycles. The highest BCUT2D eigenvalue weighted by molar-refractivity contribution is 5.67. The maximum Gasteiger partial charge on any atom is 0.138 e. The van der Waals surface area contributed by atoms with E-state index < -0.39 is 0 Å². The number of aromatic hydroxyl groups is 1. The van der Waals surface area contributed by atoms with E-state index in [4.69, 9.17) is 0 Å². The average molecular weight is 190 g/mol. The molecular formula is C11H14N2O. The zero-order chi connectivity index (χ0) is 9.54. The molecule has 0 amide bonds. The molecule has 1 aromatic rings. The van der Waals surface area contributed by atoms with Gasteiger partial charge in [-0.15, -0.1) is 0 Å². The van der Waals surface area contributed by atoms with Crippen LogP contribution in [0.3, 0.4) is 0 Å². The molecule has 0 radical (unpaired) electrons. The number of para-hydroxylation sites is 1. The molecule has 2 unspecified atom stereocenters. The summed E-state index contributed by atoms with van der Waals surface area (Å²) < 4.78 is 0. The van der Waals surface area contributed by atoms with Crippen LogP contribution < -0.4 is 10.6 Å². The Bertz CT molecular complexity index is 364. The van der Waals surface area contributed by atoms with Crippen LogP contribution in [-0.4, -0.2) is 24.2 Å². The number of hydrogen-bond acceptors (Lipinski definition) is 3. The summed E-state index contributed by atoms with van der Waals surface area (Å²) in [4.78, 5) is 0. The van der Waals surface area contributed by atoms with Crippen molar-refractivity contribution in [2.75, 3.05) is 18.4 Å². The lowest BCUT2D eigenvalue weighted by Gasteiger charge is -2.26. The summed E-state index contributed by atoms with van der Waals surface area (Å²) in [6.07, 6.45) is 1.14. The highest BCUT2D eigenvalue weighted by Crippen LogP contribution is 2.42. The Balaban J connectivity index is 2.05. The monoisotopic (exact) mass is 190 g/mol. The SMILES string of the molecule is Oc1cccc2c1NC1CCNCC21. The molecule has 0 saturated carbocycles. The first-order valence-corrected chi connectivity index (χ1v) is 5.15. The first-order chi connectivity index (χ1) is 6.86. The number of hydrogen-bond donors (Lipinski definition) is 3. The second-order valence-corrected chi connectivity index (χ2v) is 4.09. The standard InChI is InChI=1S/C11H14N2O/c14-10-3-1-2-7-8-6-12-5-4-9(8)13-11(7)10/h1-3,8-9,12-14H,4-6H2. The van der Waals surface area contributed by atoms with Gasteiger partial charge in [0.1, 0.15) is 5.75 Å². The maximum atomic E-state index is 9.70. The van der Waals surface area contributed by atoms with Crippen molar-refractivity contribution in [2.24, 2.45) is 0 Å². The van der Waals surface area contributed by atoms with Gasteiger partial charge in [-0.25, -0.2) is 0 Å². The lowest BCUT2D eigenvalue weighted by molar-refractivity contribution is 0.440. The third-order valence-electron chi connectivity index (χ3n) is 3.29. The fourth-order valence-electron chi connectivity index (χ4n) is 2.57. The van der Waals surface area contributed by atoms with Gasteiger partial charge < -0.3 is 15.7 Å². The Labute approximate surface area is 83.1 Å². The zero-order valence-electron chi connectivity index (χ0n) is 7.96. The molecule has 0 bridgehead atoms. The molecule has 3 rings (SSSR count). The molecular weight excluding hydrogens is 176 g/mol. The van der Waals surface area contributed by atoms with Crippen LogP contribution in [0.5, 0.6) is 5.75 Å². The minimum absolute atomic E-state index is 0.386. The predicted molar refractivity (Wildman–Crippen MR) is 55.7 cm³/mol. The molecule has 2 heterocycles. The molecule has 1 saturated heterocycles. The van der Waals surface area contributed by atoms with E-state index in [9.17, 15) is 5.11 Å². The Morgan fingerprint density at radius 3 is 3.21 bits per heavy atom. The third kappa shape index (κ3) is 1.02. The number of nitrogens with one attached hydrogen (secondary N) is 2. The number of rotatable bonds is 0. The van der Waals surface area contributed by atoms with Crippen LogP contribution in [0.2, 0.25) is 0 Å². The Kier molecular flexibility index (Phi) is 1.67. The summed E-state index contributed by atoms with van der Waals surface area (Å²) in [5, 5.41) is 16.5. The lowest BCUT2D eigenvalue weighted by atomic mass is 9.90. The molecule has 1 fully saturated rings. The zero-order valence-corrected chi connectivity index (χ0v) is 7.96. The molecule has 2 aliphatic rings. The van der Waals surface area contributed by atoms with Gasteiger partial charge in [0, 0.05) is 18.5 Å². The second-order valence-electron chi connectivity index (χ2n) is 4.09. The van der Waals surface area contributed by atoms with Gasteiger partial charge in [-0.2, -0.15) is 0 Å². The van der Waals surface area contributed by atoms with Crippen LogP contribution in [0.15, 0.2) is 18.2 Å². The fourth-order valence-corrected chi connectivity index (χ4v) is 2.57. The highest BCUT2D eigenvalue weighted by Gasteiger charge is 2.34. The highest BCUT2D eigenvalue weighted by atomic mass is 16.3. The molecule has 14 heavy (non-hydrogen) atoms. The van der Waals surface area contributed by atoms with Gasteiger partial charge in [-0.05, 0) is 24.6 Å². The van der Waals surface area contributed by atoms with Crippen LogP contribution in [0, 0.1) is 0 Å². The number of phenols is 1. The van der Waals surface area contributed by atoms with Gasteiger partial charge in [0.2, 0.25) is 0 Å². The van der Waals surface area contributed by atoms with Crippen molar-refractivity contribution < 1.29 is 5.11 Å². The molecule has 3 heteroatoms. The van der Waals surface area contributed by atoms with Gasteiger partial charge in [0.05, 0.1) is 5.69 Å². The predicted octanol–water partition coefficient (Wildman–Crippen LogP) is 1.26. The van der Waals surface area contributed by atoms with Gasteiger partial charge in [-0.1, -0.05) is 12.1 Å². The summed E-state index contributed by atoms with van der Waals surface area (Å²) >= 11 is 0. The van der Waals surface area contributed by atoms with Crippen molar-refractivity contribution in [1.29, 1.82) is 0 Å². The van der Waals surface area contributed by atoms with E-state index >= 15 is 0 Å². The molecule has 74 valence electrons. The van der Waals surface area contributed by atoms with Gasteiger partial charge in [-0.3, -0.25) is 0 Å².